The van der Waals surface area contributed by atoms with Crippen LogP contribution in [-0.2, 0) is 14.8 Å². The Bertz CT molecular complexity index is 809. The second-order valence-corrected chi connectivity index (χ2v) is 9.64. The summed E-state index contributed by atoms with van der Waals surface area (Å²) in [5.74, 6) is 1.18. The van der Waals surface area contributed by atoms with Gasteiger partial charge in [-0.15, -0.1) is 0 Å². The highest BCUT2D eigenvalue weighted by Crippen LogP contribution is 2.32. The zero-order chi connectivity index (χ0) is 21.4. The summed E-state index contributed by atoms with van der Waals surface area (Å²) < 4.78 is 38.4. The Hall–Kier alpha value is -1.84. The van der Waals surface area contributed by atoms with Crippen LogP contribution in [0.25, 0.3) is 0 Å². The molecule has 8 nitrogen and oxygen atoms in total. The van der Waals surface area contributed by atoms with Crippen LogP contribution < -0.4 is 14.2 Å². The Labute approximate surface area is 179 Å². The fraction of sp³-hybridized carbons (Fsp3) is 0.667. The molecular weight excluding hydrogens is 406 g/mol. The molecule has 1 N–H and O–H groups in total. The van der Waals surface area contributed by atoms with Gasteiger partial charge in [0.05, 0.1) is 4.90 Å². The van der Waals surface area contributed by atoms with Crippen molar-refractivity contribution in [2.45, 2.75) is 43.4 Å². The number of nitrogens with zero attached hydrogens (tertiary/aromatic N) is 2. The highest BCUT2D eigenvalue weighted by molar-refractivity contribution is 7.89. The third kappa shape index (κ3) is 6.58. The molecule has 1 fully saturated rings. The quantitative estimate of drug-likeness (QED) is 0.530. The van der Waals surface area contributed by atoms with Gasteiger partial charge in [0, 0.05) is 39.2 Å². The molecule has 2 aliphatic rings. The maximum absolute atomic E-state index is 12.5. The highest BCUT2D eigenvalue weighted by Gasteiger charge is 2.19. The van der Waals surface area contributed by atoms with Crippen molar-refractivity contribution in [1.82, 2.24) is 14.5 Å². The SMILES string of the molecule is CN(CCN1CCCC1)C(=O)CCCCCNS(=O)(=O)c1ccc2c(c1)OCCO2. The van der Waals surface area contributed by atoms with E-state index in [9.17, 15) is 13.2 Å². The lowest BCUT2D eigenvalue weighted by Gasteiger charge is -2.21. The summed E-state index contributed by atoms with van der Waals surface area (Å²) in [7, 11) is -1.73. The number of unbranched alkanes of at least 4 members (excludes halogenated alkanes) is 2. The minimum Gasteiger partial charge on any atom is -0.486 e. The molecule has 3 rings (SSSR count). The number of hydrogen-bond acceptors (Lipinski definition) is 6. The molecule has 2 heterocycles. The van der Waals surface area contributed by atoms with Gasteiger partial charge in [0.15, 0.2) is 11.5 Å². The molecular formula is C21H33N3O5S. The van der Waals surface area contributed by atoms with Crippen molar-refractivity contribution in [2.24, 2.45) is 0 Å². The van der Waals surface area contributed by atoms with Crippen LogP contribution in [0.4, 0.5) is 0 Å². The molecule has 0 bridgehead atoms. The van der Waals surface area contributed by atoms with Gasteiger partial charge in [0.1, 0.15) is 13.2 Å². The van der Waals surface area contributed by atoms with Crippen LogP contribution in [0.2, 0.25) is 0 Å². The predicted octanol–water partition coefficient (Wildman–Crippen LogP) is 1.85. The molecule has 1 saturated heterocycles. The molecule has 0 aliphatic carbocycles. The van der Waals surface area contributed by atoms with Crippen LogP contribution in [0.5, 0.6) is 11.5 Å². The molecule has 1 aromatic rings. The first-order chi connectivity index (χ1) is 14.5. The molecule has 30 heavy (non-hydrogen) atoms. The number of likely N-dealkylation sites (tertiary alicyclic amines) is 1. The Balaban J connectivity index is 1.31. The number of rotatable bonds is 11. The van der Waals surface area contributed by atoms with Crippen molar-refractivity contribution in [3.05, 3.63) is 18.2 Å². The molecule has 0 unspecified atom stereocenters. The summed E-state index contributed by atoms with van der Waals surface area (Å²) in [4.78, 5) is 16.6. The molecule has 0 aromatic heterocycles. The van der Waals surface area contributed by atoms with Crippen molar-refractivity contribution >= 4 is 15.9 Å². The fourth-order valence-electron chi connectivity index (χ4n) is 3.67. The summed E-state index contributed by atoms with van der Waals surface area (Å²) in [6, 6.07) is 4.63. The van der Waals surface area contributed by atoms with E-state index in [0.717, 1.165) is 39.0 Å². The first-order valence-electron chi connectivity index (χ1n) is 10.8. The summed E-state index contributed by atoms with van der Waals surface area (Å²) in [5, 5.41) is 0. The zero-order valence-electron chi connectivity index (χ0n) is 17.8. The number of sulfonamides is 1. The lowest BCUT2D eigenvalue weighted by atomic mass is 10.2. The van der Waals surface area contributed by atoms with Crippen molar-refractivity contribution in [1.29, 1.82) is 0 Å². The lowest BCUT2D eigenvalue weighted by molar-refractivity contribution is -0.130. The number of amides is 1. The standard InChI is InChI=1S/C21H33N3O5S/c1-23(13-14-24-11-5-6-12-24)21(25)7-3-2-4-10-22-30(26,27)18-8-9-19-20(17-18)29-16-15-28-19/h8-9,17,22H,2-7,10-16H2,1H3. The Kier molecular flexibility index (Phi) is 8.35. The van der Waals surface area contributed by atoms with Gasteiger partial charge in [-0.2, -0.15) is 0 Å². The van der Waals surface area contributed by atoms with Gasteiger partial charge in [-0.05, 0) is 50.9 Å². The molecule has 9 heteroatoms. The lowest BCUT2D eigenvalue weighted by Crippen LogP contribution is -2.35. The predicted molar refractivity (Wildman–Crippen MR) is 114 cm³/mol. The number of carbonyl (C=O) groups is 1. The van der Waals surface area contributed by atoms with Crippen LogP contribution in [0, 0.1) is 0 Å². The van der Waals surface area contributed by atoms with Gasteiger partial charge in [0.25, 0.3) is 0 Å². The number of carbonyl (C=O) groups excluding carboxylic acids is 1. The molecule has 1 aromatic carbocycles. The third-order valence-corrected chi connectivity index (χ3v) is 7.02. The van der Waals surface area contributed by atoms with Crippen molar-refractivity contribution in [3.8, 4) is 11.5 Å². The van der Waals surface area contributed by atoms with E-state index in [-0.39, 0.29) is 10.8 Å². The van der Waals surface area contributed by atoms with E-state index in [2.05, 4.69) is 9.62 Å². The minimum absolute atomic E-state index is 0.158. The van der Waals surface area contributed by atoms with E-state index in [4.69, 9.17) is 9.47 Å². The van der Waals surface area contributed by atoms with E-state index in [1.54, 1.807) is 6.07 Å². The smallest absolute Gasteiger partial charge is 0.240 e. The van der Waals surface area contributed by atoms with E-state index < -0.39 is 10.0 Å². The second kappa shape index (κ2) is 11.0. The van der Waals surface area contributed by atoms with Crippen molar-refractivity contribution in [2.75, 3.05) is 53.0 Å². The Morgan fingerprint density at radius 3 is 2.60 bits per heavy atom. The summed E-state index contributed by atoms with van der Waals surface area (Å²) >= 11 is 0. The van der Waals surface area contributed by atoms with E-state index in [0.29, 0.717) is 44.1 Å². The van der Waals surface area contributed by atoms with Crippen LogP contribution in [0.3, 0.4) is 0 Å². The summed E-state index contributed by atoms with van der Waals surface area (Å²) in [6.45, 7) is 5.23. The van der Waals surface area contributed by atoms with Gasteiger partial charge in [-0.3, -0.25) is 4.79 Å². The molecule has 1 amide bonds. The van der Waals surface area contributed by atoms with Gasteiger partial charge < -0.3 is 19.3 Å². The number of benzene rings is 1. The van der Waals surface area contributed by atoms with Crippen molar-refractivity contribution < 1.29 is 22.7 Å². The first kappa shape index (κ1) is 22.8. The fourth-order valence-corrected chi connectivity index (χ4v) is 4.76. The van der Waals surface area contributed by atoms with Crippen LogP contribution in [0.1, 0.15) is 38.5 Å². The van der Waals surface area contributed by atoms with Gasteiger partial charge >= 0.3 is 0 Å². The monoisotopic (exact) mass is 439 g/mol. The number of hydrogen-bond donors (Lipinski definition) is 1. The molecule has 0 saturated carbocycles. The topological polar surface area (TPSA) is 88.2 Å². The largest absolute Gasteiger partial charge is 0.486 e. The molecule has 0 atom stereocenters. The van der Waals surface area contributed by atoms with Crippen LogP contribution >= 0.6 is 0 Å². The average molecular weight is 440 g/mol. The first-order valence-corrected chi connectivity index (χ1v) is 12.3. The highest BCUT2D eigenvalue weighted by atomic mass is 32.2. The summed E-state index contributed by atoms with van der Waals surface area (Å²) in [6.07, 6.45) is 5.28. The van der Waals surface area contributed by atoms with E-state index >= 15 is 0 Å². The van der Waals surface area contributed by atoms with Gasteiger partial charge in [-0.1, -0.05) is 6.42 Å². The maximum Gasteiger partial charge on any atom is 0.240 e. The molecule has 2 aliphatic heterocycles. The van der Waals surface area contributed by atoms with Gasteiger partial charge in [0.2, 0.25) is 15.9 Å². The van der Waals surface area contributed by atoms with Crippen LogP contribution in [-0.4, -0.2) is 77.1 Å². The Morgan fingerprint density at radius 1 is 1.10 bits per heavy atom. The van der Waals surface area contributed by atoms with E-state index in [1.165, 1.54) is 25.0 Å². The van der Waals surface area contributed by atoms with Crippen LogP contribution in [0.15, 0.2) is 23.1 Å². The average Bonchev–Trinajstić information content (AvgIpc) is 3.27. The maximum atomic E-state index is 12.5. The molecule has 0 spiro atoms. The second-order valence-electron chi connectivity index (χ2n) is 7.88. The third-order valence-electron chi connectivity index (χ3n) is 5.56. The minimum atomic E-state index is -3.59. The normalized spacial score (nSPS) is 16.6. The number of fused-ring (bicyclic) bond motifs is 1. The Morgan fingerprint density at radius 2 is 1.83 bits per heavy atom. The number of ether oxygens (including phenoxy) is 2. The zero-order valence-corrected chi connectivity index (χ0v) is 18.6. The number of likely N-dealkylation sites (N-methyl/N-ethyl adjacent to an activating group) is 1. The summed E-state index contributed by atoms with van der Waals surface area (Å²) in [5.41, 5.74) is 0. The van der Waals surface area contributed by atoms with Crippen molar-refractivity contribution in [3.63, 3.8) is 0 Å². The molecule has 0 radical (unpaired) electrons. The molecule has 168 valence electrons. The number of nitrogens with one attached hydrogen (secondary N) is 1. The van der Waals surface area contributed by atoms with E-state index in [1.807, 2.05) is 11.9 Å². The van der Waals surface area contributed by atoms with Gasteiger partial charge in [-0.25, -0.2) is 13.1 Å².